The van der Waals surface area contributed by atoms with Crippen molar-refractivity contribution in [1.29, 1.82) is 0 Å². The third-order valence-corrected chi connectivity index (χ3v) is 3.84. The van der Waals surface area contributed by atoms with Gasteiger partial charge in [-0.05, 0) is 11.5 Å². The smallest absolute Gasteiger partial charge is 0.408 e. The first-order valence-corrected chi connectivity index (χ1v) is 8.56. The Labute approximate surface area is 157 Å². The number of benzene rings is 1. The van der Waals surface area contributed by atoms with Crippen molar-refractivity contribution in [2.45, 2.75) is 32.9 Å². The van der Waals surface area contributed by atoms with E-state index in [1.165, 1.54) is 0 Å². The van der Waals surface area contributed by atoms with Crippen LogP contribution in [0.2, 0.25) is 0 Å². The zero-order valence-electron chi connectivity index (χ0n) is 15.4. The van der Waals surface area contributed by atoms with E-state index in [-0.39, 0.29) is 19.1 Å². The zero-order valence-corrected chi connectivity index (χ0v) is 15.4. The third kappa shape index (κ3) is 8.70. The van der Waals surface area contributed by atoms with E-state index in [4.69, 9.17) is 9.84 Å². The van der Waals surface area contributed by atoms with Crippen LogP contribution in [0.5, 0.6) is 0 Å². The van der Waals surface area contributed by atoms with Gasteiger partial charge in [0.1, 0.15) is 19.2 Å². The SMILES string of the molecule is CCC(C)[C@H](NC(=O)OCc1ccccc1)C(=O)NCC(=O)NCC(=O)O. The lowest BCUT2D eigenvalue weighted by molar-refractivity contribution is -0.137. The van der Waals surface area contributed by atoms with Crippen molar-refractivity contribution in [2.75, 3.05) is 13.1 Å². The second-order valence-corrected chi connectivity index (χ2v) is 5.96. The molecule has 0 saturated carbocycles. The van der Waals surface area contributed by atoms with Crippen molar-refractivity contribution in [3.63, 3.8) is 0 Å². The second-order valence-electron chi connectivity index (χ2n) is 5.96. The number of hydrogen-bond acceptors (Lipinski definition) is 5. The summed E-state index contributed by atoms with van der Waals surface area (Å²) in [5, 5.41) is 15.5. The van der Waals surface area contributed by atoms with E-state index in [1.54, 1.807) is 6.92 Å². The quantitative estimate of drug-likeness (QED) is 0.471. The fourth-order valence-corrected chi connectivity index (χ4v) is 2.11. The molecule has 1 rings (SSSR count). The van der Waals surface area contributed by atoms with Crippen LogP contribution in [-0.4, -0.2) is 48.1 Å². The summed E-state index contributed by atoms with van der Waals surface area (Å²) in [6.45, 7) is 2.79. The highest BCUT2D eigenvalue weighted by Gasteiger charge is 2.26. The predicted molar refractivity (Wildman–Crippen MR) is 96.7 cm³/mol. The van der Waals surface area contributed by atoms with E-state index in [0.717, 1.165) is 5.56 Å². The number of ether oxygens (including phenoxy) is 1. The average molecular weight is 379 g/mol. The van der Waals surface area contributed by atoms with Gasteiger partial charge >= 0.3 is 12.1 Å². The van der Waals surface area contributed by atoms with Crippen LogP contribution in [0.4, 0.5) is 4.79 Å². The van der Waals surface area contributed by atoms with Crippen LogP contribution in [-0.2, 0) is 25.7 Å². The molecule has 0 aliphatic rings. The summed E-state index contributed by atoms with van der Waals surface area (Å²) in [6, 6.07) is 8.22. The number of hydrogen-bond donors (Lipinski definition) is 4. The van der Waals surface area contributed by atoms with E-state index in [1.807, 2.05) is 37.3 Å². The Bertz CT molecular complexity index is 650. The van der Waals surface area contributed by atoms with Crippen molar-refractivity contribution in [3.8, 4) is 0 Å². The number of amides is 3. The summed E-state index contributed by atoms with van der Waals surface area (Å²) in [4.78, 5) is 46.2. The molecule has 1 unspecified atom stereocenters. The van der Waals surface area contributed by atoms with Gasteiger partial charge in [0.2, 0.25) is 11.8 Å². The Balaban J connectivity index is 2.53. The maximum Gasteiger partial charge on any atom is 0.408 e. The molecule has 1 aromatic carbocycles. The van der Waals surface area contributed by atoms with Crippen LogP contribution < -0.4 is 16.0 Å². The summed E-state index contributed by atoms with van der Waals surface area (Å²) in [5.41, 5.74) is 0.812. The van der Waals surface area contributed by atoms with Gasteiger partial charge in [-0.25, -0.2) is 4.79 Å². The lowest BCUT2D eigenvalue weighted by Gasteiger charge is -2.23. The van der Waals surface area contributed by atoms with E-state index in [0.29, 0.717) is 6.42 Å². The maximum absolute atomic E-state index is 12.3. The van der Waals surface area contributed by atoms with Crippen LogP contribution in [0.3, 0.4) is 0 Å². The van der Waals surface area contributed by atoms with Gasteiger partial charge in [0, 0.05) is 0 Å². The van der Waals surface area contributed by atoms with Crippen LogP contribution in [0, 0.1) is 5.92 Å². The van der Waals surface area contributed by atoms with Crippen molar-refractivity contribution in [2.24, 2.45) is 5.92 Å². The molecule has 2 atom stereocenters. The molecule has 0 fully saturated rings. The first-order valence-electron chi connectivity index (χ1n) is 8.56. The molecule has 9 nitrogen and oxygen atoms in total. The largest absolute Gasteiger partial charge is 0.480 e. The average Bonchev–Trinajstić information content (AvgIpc) is 2.67. The molecule has 9 heteroatoms. The molecule has 0 saturated heterocycles. The zero-order chi connectivity index (χ0) is 20.2. The normalized spacial score (nSPS) is 12.4. The van der Waals surface area contributed by atoms with Gasteiger partial charge in [0.25, 0.3) is 0 Å². The first-order chi connectivity index (χ1) is 12.8. The van der Waals surface area contributed by atoms with E-state index < -0.39 is 36.5 Å². The third-order valence-electron chi connectivity index (χ3n) is 3.84. The lowest BCUT2D eigenvalue weighted by atomic mass is 9.98. The van der Waals surface area contributed by atoms with Gasteiger partial charge in [-0.3, -0.25) is 14.4 Å². The van der Waals surface area contributed by atoms with E-state index in [2.05, 4.69) is 16.0 Å². The van der Waals surface area contributed by atoms with Gasteiger partial charge in [-0.2, -0.15) is 0 Å². The number of alkyl carbamates (subject to hydrolysis) is 1. The number of rotatable bonds is 10. The van der Waals surface area contributed by atoms with Crippen LogP contribution in [0.25, 0.3) is 0 Å². The number of nitrogens with one attached hydrogen (secondary N) is 3. The molecule has 4 N–H and O–H groups in total. The Morgan fingerprint density at radius 3 is 2.33 bits per heavy atom. The molecule has 27 heavy (non-hydrogen) atoms. The predicted octanol–water partition coefficient (Wildman–Crippen LogP) is 0.645. The molecular formula is C18H25N3O6. The molecule has 148 valence electrons. The highest BCUT2D eigenvalue weighted by Crippen LogP contribution is 2.09. The monoisotopic (exact) mass is 379 g/mol. The number of aliphatic carboxylic acids is 1. The minimum atomic E-state index is -1.19. The van der Waals surface area contributed by atoms with Crippen molar-refractivity contribution >= 4 is 23.9 Å². The molecule has 0 aromatic heterocycles. The molecule has 0 aliphatic carbocycles. The standard InChI is InChI=1S/C18H25N3O6/c1-3-12(2)16(17(25)20-9-14(22)19-10-15(23)24)21-18(26)27-11-13-7-5-4-6-8-13/h4-8,12,16H,3,9-11H2,1-2H3,(H,19,22)(H,20,25)(H,21,26)(H,23,24)/t12?,16-/m0/s1. The van der Waals surface area contributed by atoms with Gasteiger partial charge < -0.3 is 25.8 Å². The Morgan fingerprint density at radius 2 is 1.74 bits per heavy atom. The molecule has 0 heterocycles. The fourth-order valence-electron chi connectivity index (χ4n) is 2.11. The van der Waals surface area contributed by atoms with Gasteiger partial charge in [0.05, 0.1) is 6.54 Å². The van der Waals surface area contributed by atoms with Crippen LogP contribution >= 0.6 is 0 Å². The van der Waals surface area contributed by atoms with Gasteiger partial charge in [-0.1, -0.05) is 50.6 Å². The molecule has 0 spiro atoms. The van der Waals surface area contributed by atoms with E-state index in [9.17, 15) is 19.2 Å². The topological polar surface area (TPSA) is 134 Å². The van der Waals surface area contributed by atoms with E-state index >= 15 is 0 Å². The summed E-state index contributed by atoms with van der Waals surface area (Å²) in [6.07, 6.45) is -0.128. The van der Waals surface area contributed by atoms with Crippen molar-refractivity contribution < 1.29 is 29.0 Å². The first kappa shape index (κ1) is 21.9. The number of carboxylic acids is 1. The number of carbonyl (C=O) groups is 4. The molecule has 0 aliphatic heterocycles. The van der Waals surface area contributed by atoms with Crippen LogP contribution in [0.1, 0.15) is 25.8 Å². The molecule has 1 aromatic rings. The molecule has 0 bridgehead atoms. The summed E-state index contributed by atoms with van der Waals surface area (Å²) < 4.78 is 5.12. The Kier molecular flexibility index (Phi) is 9.35. The highest BCUT2D eigenvalue weighted by molar-refractivity contribution is 5.90. The molecular weight excluding hydrogens is 354 g/mol. The van der Waals surface area contributed by atoms with Crippen LogP contribution in [0.15, 0.2) is 30.3 Å². The minimum absolute atomic E-state index is 0.0686. The van der Waals surface area contributed by atoms with Gasteiger partial charge in [0.15, 0.2) is 0 Å². The highest BCUT2D eigenvalue weighted by atomic mass is 16.5. The van der Waals surface area contributed by atoms with Crippen molar-refractivity contribution in [1.82, 2.24) is 16.0 Å². The summed E-state index contributed by atoms with van der Waals surface area (Å²) >= 11 is 0. The Morgan fingerprint density at radius 1 is 1.07 bits per heavy atom. The minimum Gasteiger partial charge on any atom is -0.480 e. The summed E-state index contributed by atoms with van der Waals surface area (Å²) in [7, 11) is 0. The molecule has 3 amide bonds. The summed E-state index contributed by atoms with van der Waals surface area (Å²) in [5.74, 6) is -2.57. The van der Waals surface area contributed by atoms with Gasteiger partial charge in [-0.15, -0.1) is 0 Å². The number of carboxylic acid groups (broad SMARTS) is 1. The Hall–Kier alpha value is -3.10. The fraction of sp³-hybridized carbons (Fsp3) is 0.444. The molecule has 0 radical (unpaired) electrons. The maximum atomic E-state index is 12.3. The van der Waals surface area contributed by atoms with Crippen molar-refractivity contribution in [3.05, 3.63) is 35.9 Å². The number of carbonyl (C=O) groups excluding carboxylic acids is 3. The second kappa shape index (κ2) is 11.5. The lowest BCUT2D eigenvalue weighted by Crippen LogP contribution is -2.52.